The van der Waals surface area contributed by atoms with Crippen LogP contribution in [0.4, 0.5) is 0 Å². The molecule has 0 aromatic heterocycles. The van der Waals surface area contributed by atoms with Crippen molar-refractivity contribution in [1.29, 1.82) is 0 Å². The molecule has 1 aliphatic rings. The van der Waals surface area contributed by atoms with E-state index in [0.717, 1.165) is 37.2 Å². The normalized spacial score (nSPS) is 18.4. The van der Waals surface area contributed by atoms with Gasteiger partial charge in [-0.15, -0.1) is 0 Å². The van der Waals surface area contributed by atoms with Gasteiger partial charge in [-0.2, -0.15) is 0 Å². The SMILES string of the molecule is CCCNCC1(Cc2ccc(Br)cc2)CCOCC1. The molecule has 1 fully saturated rings. The van der Waals surface area contributed by atoms with E-state index < -0.39 is 0 Å². The van der Waals surface area contributed by atoms with Crippen LogP contribution >= 0.6 is 15.9 Å². The van der Waals surface area contributed by atoms with Gasteiger partial charge in [0.15, 0.2) is 0 Å². The highest BCUT2D eigenvalue weighted by atomic mass is 79.9. The Labute approximate surface area is 125 Å². The summed E-state index contributed by atoms with van der Waals surface area (Å²) in [6.07, 6.45) is 4.69. The second kappa shape index (κ2) is 7.41. The third-order valence-electron chi connectivity index (χ3n) is 3.97. The van der Waals surface area contributed by atoms with E-state index in [-0.39, 0.29) is 0 Å². The molecule has 3 heteroatoms. The van der Waals surface area contributed by atoms with E-state index in [1.165, 1.54) is 24.8 Å². The predicted molar refractivity (Wildman–Crippen MR) is 83.5 cm³/mol. The molecule has 0 radical (unpaired) electrons. The lowest BCUT2D eigenvalue weighted by atomic mass is 9.75. The van der Waals surface area contributed by atoms with E-state index in [1.807, 2.05) is 0 Å². The van der Waals surface area contributed by atoms with Crippen LogP contribution in [0.15, 0.2) is 28.7 Å². The Morgan fingerprint density at radius 1 is 1.21 bits per heavy atom. The van der Waals surface area contributed by atoms with Crippen LogP contribution in [0.3, 0.4) is 0 Å². The van der Waals surface area contributed by atoms with E-state index in [1.54, 1.807) is 0 Å². The van der Waals surface area contributed by atoms with Crippen LogP contribution < -0.4 is 5.32 Å². The number of hydrogen-bond donors (Lipinski definition) is 1. The molecule has 1 heterocycles. The van der Waals surface area contributed by atoms with E-state index >= 15 is 0 Å². The number of halogens is 1. The smallest absolute Gasteiger partial charge is 0.0471 e. The maximum Gasteiger partial charge on any atom is 0.0471 e. The quantitative estimate of drug-likeness (QED) is 0.803. The highest BCUT2D eigenvalue weighted by Gasteiger charge is 2.32. The molecule has 1 aromatic carbocycles. The van der Waals surface area contributed by atoms with E-state index in [0.29, 0.717) is 5.41 Å². The number of ether oxygens (including phenoxy) is 1. The molecule has 0 bridgehead atoms. The first-order valence-electron chi connectivity index (χ1n) is 7.27. The molecule has 1 aliphatic heterocycles. The van der Waals surface area contributed by atoms with Crippen molar-refractivity contribution in [2.45, 2.75) is 32.6 Å². The van der Waals surface area contributed by atoms with Crippen LogP contribution in [-0.2, 0) is 11.2 Å². The standard InChI is InChI=1S/C16H24BrNO/c1-2-9-18-13-16(7-10-19-11-8-16)12-14-3-5-15(17)6-4-14/h3-6,18H,2,7-13H2,1H3. The van der Waals surface area contributed by atoms with Crippen molar-refractivity contribution in [1.82, 2.24) is 5.32 Å². The molecular formula is C16H24BrNO. The average molecular weight is 326 g/mol. The van der Waals surface area contributed by atoms with Gasteiger partial charge in [0.05, 0.1) is 0 Å². The van der Waals surface area contributed by atoms with E-state index in [4.69, 9.17) is 4.74 Å². The van der Waals surface area contributed by atoms with Gasteiger partial charge >= 0.3 is 0 Å². The van der Waals surface area contributed by atoms with Crippen LogP contribution in [0.25, 0.3) is 0 Å². The van der Waals surface area contributed by atoms with Gasteiger partial charge in [-0.3, -0.25) is 0 Å². The molecule has 1 N–H and O–H groups in total. The molecule has 0 saturated carbocycles. The molecule has 1 saturated heterocycles. The zero-order valence-electron chi connectivity index (χ0n) is 11.8. The van der Waals surface area contributed by atoms with Gasteiger partial charge in [0.25, 0.3) is 0 Å². The van der Waals surface area contributed by atoms with Gasteiger partial charge < -0.3 is 10.1 Å². The van der Waals surface area contributed by atoms with Crippen molar-refractivity contribution in [3.63, 3.8) is 0 Å². The first-order valence-corrected chi connectivity index (χ1v) is 8.06. The predicted octanol–water partition coefficient (Wildman–Crippen LogP) is 3.79. The summed E-state index contributed by atoms with van der Waals surface area (Å²) in [6, 6.07) is 8.76. The Balaban J connectivity index is 2.01. The second-order valence-corrected chi connectivity index (χ2v) is 6.51. The largest absolute Gasteiger partial charge is 0.381 e. The van der Waals surface area contributed by atoms with E-state index in [9.17, 15) is 0 Å². The molecule has 1 aromatic rings. The lowest BCUT2D eigenvalue weighted by molar-refractivity contribution is 0.0150. The number of nitrogens with one attached hydrogen (secondary N) is 1. The highest BCUT2D eigenvalue weighted by molar-refractivity contribution is 9.10. The van der Waals surface area contributed by atoms with Gasteiger partial charge in [-0.1, -0.05) is 35.0 Å². The van der Waals surface area contributed by atoms with Crippen LogP contribution in [0, 0.1) is 5.41 Å². The molecule has 0 unspecified atom stereocenters. The summed E-state index contributed by atoms with van der Waals surface area (Å²) in [5.41, 5.74) is 1.81. The summed E-state index contributed by atoms with van der Waals surface area (Å²) in [5, 5.41) is 3.61. The summed E-state index contributed by atoms with van der Waals surface area (Å²) in [5.74, 6) is 0. The number of benzene rings is 1. The Morgan fingerprint density at radius 3 is 2.53 bits per heavy atom. The van der Waals surface area contributed by atoms with Crippen molar-refractivity contribution in [3.05, 3.63) is 34.3 Å². The zero-order valence-corrected chi connectivity index (χ0v) is 13.3. The van der Waals surface area contributed by atoms with Crippen LogP contribution in [0.2, 0.25) is 0 Å². The van der Waals surface area contributed by atoms with Gasteiger partial charge in [-0.25, -0.2) is 0 Å². The minimum absolute atomic E-state index is 0.376. The Hall–Kier alpha value is -0.380. The summed E-state index contributed by atoms with van der Waals surface area (Å²) < 4.78 is 6.71. The van der Waals surface area contributed by atoms with Crippen molar-refractivity contribution in [2.24, 2.45) is 5.41 Å². The fourth-order valence-electron chi connectivity index (χ4n) is 2.79. The molecule has 0 amide bonds. The molecule has 19 heavy (non-hydrogen) atoms. The van der Waals surface area contributed by atoms with Crippen LogP contribution in [0.5, 0.6) is 0 Å². The third kappa shape index (κ3) is 4.59. The molecule has 2 nitrogen and oxygen atoms in total. The topological polar surface area (TPSA) is 21.3 Å². The molecule has 106 valence electrons. The van der Waals surface area contributed by atoms with Crippen molar-refractivity contribution >= 4 is 15.9 Å². The lowest BCUT2D eigenvalue weighted by Crippen LogP contribution is -2.41. The summed E-state index contributed by atoms with van der Waals surface area (Å²) in [6.45, 7) is 6.26. The monoisotopic (exact) mass is 325 g/mol. The Kier molecular flexibility index (Phi) is 5.86. The van der Waals surface area contributed by atoms with Crippen molar-refractivity contribution in [2.75, 3.05) is 26.3 Å². The average Bonchev–Trinajstić information content (AvgIpc) is 2.43. The number of hydrogen-bond acceptors (Lipinski definition) is 2. The molecule has 0 aliphatic carbocycles. The fraction of sp³-hybridized carbons (Fsp3) is 0.625. The summed E-state index contributed by atoms with van der Waals surface area (Å²) in [7, 11) is 0. The number of rotatable bonds is 6. The van der Waals surface area contributed by atoms with Gasteiger partial charge in [0, 0.05) is 24.2 Å². The van der Waals surface area contributed by atoms with Crippen LogP contribution in [0.1, 0.15) is 31.7 Å². The van der Waals surface area contributed by atoms with Gasteiger partial charge in [-0.05, 0) is 55.3 Å². The molecule has 0 atom stereocenters. The lowest BCUT2D eigenvalue weighted by Gasteiger charge is -2.37. The van der Waals surface area contributed by atoms with Crippen molar-refractivity contribution < 1.29 is 4.74 Å². The van der Waals surface area contributed by atoms with Crippen LogP contribution in [-0.4, -0.2) is 26.3 Å². The molecule has 0 spiro atoms. The summed E-state index contributed by atoms with van der Waals surface area (Å²) in [4.78, 5) is 0. The minimum Gasteiger partial charge on any atom is -0.381 e. The summed E-state index contributed by atoms with van der Waals surface area (Å²) >= 11 is 3.50. The van der Waals surface area contributed by atoms with Gasteiger partial charge in [0.2, 0.25) is 0 Å². The van der Waals surface area contributed by atoms with E-state index in [2.05, 4.69) is 52.4 Å². The maximum absolute atomic E-state index is 5.55. The fourth-order valence-corrected chi connectivity index (χ4v) is 3.05. The molecule has 2 rings (SSSR count). The highest BCUT2D eigenvalue weighted by Crippen LogP contribution is 2.34. The first-order chi connectivity index (χ1) is 9.24. The molecular weight excluding hydrogens is 302 g/mol. The third-order valence-corrected chi connectivity index (χ3v) is 4.50. The Bertz CT molecular complexity index is 371. The first kappa shape index (κ1) is 15.0. The maximum atomic E-state index is 5.55. The minimum atomic E-state index is 0.376. The van der Waals surface area contributed by atoms with Crippen molar-refractivity contribution in [3.8, 4) is 0 Å². The zero-order chi connectivity index (χ0) is 13.6. The Morgan fingerprint density at radius 2 is 1.89 bits per heavy atom. The second-order valence-electron chi connectivity index (χ2n) is 5.59. The van der Waals surface area contributed by atoms with Gasteiger partial charge in [0.1, 0.15) is 0 Å².